The maximum Gasteiger partial charge on any atom is 0.343 e. The highest BCUT2D eigenvalue weighted by Gasteiger charge is 2.22. The third-order valence-corrected chi connectivity index (χ3v) is 5.98. The summed E-state index contributed by atoms with van der Waals surface area (Å²) in [4.78, 5) is 16.0. The van der Waals surface area contributed by atoms with Crippen molar-refractivity contribution in [2.24, 2.45) is 10.9 Å². The first kappa shape index (κ1) is 21.2. The molecule has 0 atom stereocenters. The van der Waals surface area contributed by atoms with Gasteiger partial charge in [-0.05, 0) is 74.1 Å². The van der Waals surface area contributed by atoms with E-state index in [1.54, 1.807) is 18.2 Å². The number of aliphatic imine (C=N–C) groups is 1. The summed E-state index contributed by atoms with van der Waals surface area (Å²) < 4.78 is 19.2. The van der Waals surface area contributed by atoms with Crippen molar-refractivity contribution in [1.29, 1.82) is 0 Å². The van der Waals surface area contributed by atoms with Crippen LogP contribution in [0.3, 0.4) is 0 Å². The van der Waals surface area contributed by atoms with Gasteiger partial charge in [0.25, 0.3) is 0 Å². The van der Waals surface area contributed by atoms with Gasteiger partial charge in [0.05, 0.1) is 11.3 Å². The molecule has 1 fully saturated rings. The molecule has 2 aromatic rings. The molecule has 154 valence electrons. The Morgan fingerprint density at radius 3 is 2.45 bits per heavy atom. The maximum absolute atomic E-state index is 14.0. The molecule has 0 N–H and O–H groups in total. The molecule has 4 heteroatoms. The van der Waals surface area contributed by atoms with Gasteiger partial charge >= 0.3 is 5.97 Å². The first-order chi connectivity index (χ1) is 14.1. The van der Waals surface area contributed by atoms with Gasteiger partial charge in [0.1, 0.15) is 0 Å². The van der Waals surface area contributed by atoms with E-state index in [0.717, 1.165) is 5.92 Å². The average molecular weight is 396 g/mol. The number of unbranched alkanes of at least 4 members (excludes halogenated alkanes) is 2. The normalized spacial score (nSPS) is 19.0. The molecule has 0 heterocycles. The molecule has 0 unspecified atom stereocenters. The van der Waals surface area contributed by atoms with Gasteiger partial charge in [-0.25, -0.2) is 9.18 Å². The zero-order valence-electron chi connectivity index (χ0n) is 17.2. The molecular formula is C25H30FNO2. The highest BCUT2D eigenvalue weighted by atomic mass is 19.1. The third kappa shape index (κ3) is 5.75. The molecule has 1 aliphatic carbocycles. The number of esters is 1. The van der Waals surface area contributed by atoms with Crippen LogP contribution < -0.4 is 4.74 Å². The Morgan fingerprint density at radius 2 is 1.83 bits per heavy atom. The lowest BCUT2D eigenvalue weighted by atomic mass is 9.77. The van der Waals surface area contributed by atoms with Crippen molar-refractivity contribution in [2.75, 3.05) is 0 Å². The fourth-order valence-electron chi connectivity index (χ4n) is 4.19. The number of benzene rings is 2. The Hall–Kier alpha value is -2.49. The van der Waals surface area contributed by atoms with Gasteiger partial charge in [0.2, 0.25) is 0 Å². The molecule has 0 spiro atoms. The van der Waals surface area contributed by atoms with Crippen LogP contribution in [0.15, 0.2) is 47.5 Å². The van der Waals surface area contributed by atoms with Crippen molar-refractivity contribution in [2.45, 2.75) is 64.2 Å². The molecule has 29 heavy (non-hydrogen) atoms. The molecule has 2 aromatic carbocycles. The molecule has 0 radical (unpaired) electrons. The Bertz CT molecular complexity index is 823. The quantitative estimate of drug-likeness (QED) is 0.205. The summed E-state index contributed by atoms with van der Waals surface area (Å²) in [6, 6.07) is 11.7. The highest BCUT2D eigenvalue weighted by molar-refractivity contribution is 5.91. The van der Waals surface area contributed by atoms with Crippen LogP contribution in [-0.2, 0) is 0 Å². The number of hydrogen-bond donors (Lipinski definition) is 0. The highest BCUT2D eigenvalue weighted by Crippen LogP contribution is 2.37. The van der Waals surface area contributed by atoms with Crippen molar-refractivity contribution >= 4 is 18.4 Å². The standard InChI is InChI=1S/C25H30FNO2/c1-3-4-5-6-18-7-9-19(10-8-18)20-11-13-21(14-12-20)25(28)29-24-16-15-22(27-2)17-23(24)26/h11-19H,2-10H2,1H3. The molecule has 0 bridgehead atoms. The molecule has 3 rings (SSSR count). The smallest absolute Gasteiger partial charge is 0.343 e. The lowest BCUT2D eigenvalue weighted by Gasteiger charge is -2.29. The van der Waals surface area contributed by atoms with Gasteiger partial charge in [0, 0.05) is 6.07 Å². The number of carbonyl (C=O) groups excluding carboxylic acids is 1. The minimum absolute atomic E-state index is 0.104. The van der Waals surface area contributed by atoms with Gasteiger partial charge in [0.15, 0.2) is 11.6 Å². The summed E-state index contributed by atoms with van der Waals surface area (Å²) in [6.07, 6.45) is 10.4. The molecule has 0 aromatic heterocycles. The number of halogens is 1. The molecule has 1 aliphatic rings. The van der Waals surface area contributed by atoms with E-state index < -0.39 is 11.8 Å². The predicted molar refractivity (Wildman–Crippen MR) is 116 cm³/mol. The van der Waals surface area contributed by atoms with E-state index in [0.29, 0.717) is 17.2 Å². The van der Waals surface area contributed by atoms with Crippen LogP contribution in [-0.4, -0.2) is 12.7 Å². The summed E-state index contributed by atoms with van der Waals surface area (Å²) in [5.74, 6) is 0.154. The van der Waals surface area contributed by atoms with Crippen LogP contribution in [0.2, 0.25) is 0 Å². The van der Waals surface area contributed by atoms with E-state index in [1.165, 1.54) is 69.1 Å². The largest absolute Gasteiger partial charge is 0.420 e. The second kappa shape index (κ2) is 10.3. The number of rotatable bonds is 8. The Morgan fingerprint density at radius 1 is 1.10 bits per heavy atom. The SMILES string of the molecule is C=Nc1ccc(OC(=O)c2ccc(C3CCC(CCCCC)CC3)cc2)c(F)c1. The Balaban J connectivity index is 1.55. The van der Waals surface area contributed by atoms with Crippen LogP contribution in [0.5, 0.6) is 5.75 Å². The van der Waals surface area contributed by atoms with Gasteiger partial charge < -0.3 is 4.74 Å². The summed E-state index contributed by atoms with van der Waals surface area (Å²) in [5.41, 5.74) is 2.10. The maximum atomic E-state index is 14.0. The van der Waals surface area contributed by atoms with Crippen molar-refractivity contribution in [3.63, 3.8) is 0 Å². The third-order valence-electron chi connectivity index (χ3n) is 5.98. The number of hydrogen-bond acceptors (Lipinski definition) is 3. The van der Waals surface area contributed by atoms with Gasteiger partial charge in [-0.2, -0.15) is 0 Å². The molecule has 3 nitrogen and oxygen atoms in total. The van der Waals surface area contributed by atoms with E-state index in [9.17, 15) is 9.18 Å². The van der Waals surface area contributed by atoms with Crippen LogP contribution in [0, 0.1) is 11.7 Å². The number of ether oxygens (including phenoxy) is 1. The number of nitrogens with zero attached hydrogens (tertiary/aromatic N) is 1. The zero-order chi connectivity index (χ0) is 20.6. The fourth-order valence-corrected chi connectivity index (χ4v) is 4.19. The van der Waals surface area contributed by atoms with E-state index >= 15 is 0 Å². The van der Waals surface area contributed by atoms with E-state index in [4.69, 9.17) is 4.74 Å². The van der Waals surface area contributed by atoms with E-state index in [2.05, 4.69) is 18.6 Å². The molecule has 0 amide bonds. The topological polar surface area (TPSA) is 38.7 Å². The minimum atomic E-state index is -0.629. The predicted octanol–water partition coefficient (Wildman–Crippen LogP) is 7.23. The second-order valence-electron chi connectivity index (χ2n) is 8.00. The van der Waals surface area contributed by atoms with Crippen LogP contribution >= 0.6 is 0 Å². The molecule has 0 saturated heterocycles. The molecule has 1 saturated carbocycles. The lowest BCUT2D eigenvalue weighted by Crippen LogP contribution is -2.14. The van der Waals surface area contributed by atoms with Gasteiger partial charge in [-0.1, -0.05) is 44.7 Å². The van der Waals surface area contributed by atoms with E-state index in [-0.39, 0.29) is 5.75 Å². The Kier molecular flexibility index (Phi) is 7.56. The number of carbonyl (C=O) groups is 1. The summed E-state index contributed by atoms with van der Waals surface area (Å²) in [7, 11) is 0. The van der Waals surface area contributed by atoms with Gasteiger partial charge in [-0.3, -0.25) is 4.99 Å². The first-order valence-corrected chi connectivity index (χ1v) is 10.7. The van der Waals surface area contributed by atoms with Crippen molar-refractivity contribution < 1.29 is 13.9 Å². The van der Waals surface area contributed by atoms with Crippen molar-refractivity contribution in [3.8, 4) is 5.75 Å². The molecular weight excluding hydrogens is 365 g/mol. The summed E-state index contributed by atoms with van der Waals surface area (Å²) in [5, 5.41) is 0. The van der Waals surface area contributed by atoms with Gasteiger partial charge in [-0.15, -0.1) is 0 Å². The second-order valence-corrected chi connectivity index (χ2v) is 8.00. The monoisotopic (exact) mass is 395 g/mol. The van der Waals surface area contributed by atoms with Crippen LogP contribution in [0.4, 0.5) is 10.1 Å². The van der Waals surface area contributed by atoms with Crippen molar-refractivity contribution in [1.82, 2.24) is 0 Å². The summed E-state index contributed by atoms with van der Waals surface area (Å²) >= 11 is 0. The summed E-state index contributed by atoms with van der Waals surface area (Å²) in [6.45, 7) is 5.61. The lowest BCUT2D eigenvalue weighted by molar-refractivity contribution is 0.0728. The van der Waals surface area contributed by atoms with Crippen molar-refractivity contribution in [3.05, 3.63) is 59.4 Å². The first-order valence-electron chi connectivity index (χ1n) is 10.7. The molecule has 0 aliphatic heterocycles. The Labute approximate surface area is 173 Å². The van der Waals surface area contributed by atoms with Crippen LogP contribution in [0.25, 0.3) is 0 Å². The average Bonchev–Trinajstić information content (AvgIpc) is 2.76. The van der Waals surface area contributed by atoms with Crippen LogP contribution in [0.1, 0.15) is 80.1 Å². The van der Waals surface area contributed by atoms with E-state index in [1.807, 2.05) is 12.1 Å². The zero-order valence-corrected chi connectivity index (χ0v) is 17.2. The fraction of sp³-hybridized carbons (Fsp3) is 0.440. The minimum Gasteiger partial charge on any atom is -0.420 e.